The van der Waals surface area contributed by atoms with Gasteiger partial charge in [-0.2, -0.15) is 26.3 Å². The van der Waals surface area contributed by atoms with Crippen molar-refractivity contribution in [2.24, 2.45) is 0 Å². The summed E-state index contributed by atoms with van der Waals surface area (Å²) >= 11 is 0. The Morgan fingerprint density at radius 3 is 0.956 bits per heavy atom. The van der Waals surface area contributed by atoms with Gasteiger partial charge in [0.2, 0.25) is 0 Å². The molecule has 274 valence electrons. The van der Waals surface area contributed by atoms with E-state index in [1.54, 1.807) is 8.25 Å². The molecule has 22 heteroatoms. The van der Waals surface area contributed by atoms with E-state index in [0.717, 1.165) is 0 Å². The zero-order valence-electron chi connectivity index (χ0n) is 26.6. The van der Waals surface area contributed by atoms with Crippen molar-refractivity contribution in [3.8, 4) is 0 Å². The Balaban J connectivity index is 0. The Labute approximate surface area is 265 Å². The van der Waals surface area contributed by atoms with Crippen LogP contribution in [0.5, 0.6) is 0 Å². The highest BCUT2D eigenvalue weighted by Gasteiger charge is 2.40. The molecule has 2 saturated heterocycles. The van der Waals surface area contributed by atoms with Gasteiger partial charge in [-0.3, -0.25) is 0 Å². The van der Waals surface area contributed by atoms with Crippen LogP contribution >= 0.6 is 0 Å². The normalized spacial score (nSPS) is 18.8. The van der Waals surface area contributed by atoms with Crippen molar-refractivity contribution in [2.75, 3.05) is 65.9 Å². The van der Waals surface area contributed by atoms with Gasteiger partial charge in [0.1, 0.15) is 0 Å². The summed E-state index contributed by atoms with van der Waals surface area (Å²) in [6.45, 7) is 13.1. The molecule has 0 unspecified atom stereocenters. The SMILES string of the molecule is CCCC[N+]1(C)CCCC1.CCCC[N+]1(C)CCCCC1.CS(=O)(=O)[N-]S(=O)(=O)C(F)(F)F.CS(=O)(=O)[N-]S(=O)(=O)C(F)(F)F. The minimum atomic E-state index is -5.92. The molecule has 0 radical (unpaired) electrons. The third-order valence-corrected chi connectivity index (χ3v) is 11.6. The third-order valence-electron chi connectivity index (χ3n) is 6.70. The third kappa shape index (κ3) is 21.7. The van der Waals surface area contributed by atoms with E-state index in [0.29, 0.717) is 0 Å². The van der Waals surface area contributed by atoms with Gasteiger partial charge in [-0.1, -0.05) is 26.7 Å². The summed E-state index contributed by atoms with van der Waals surface area (Å²) in [4.78, 5) is 0. The average Bonchev–Trinajstić information content (AvgIpc) is 3.25. The second-order valence-electron chi connectivity index (χ2n) is 11.5. The van der Waals surface area contributed by atoms with Crippen LogP contribution in [0.2, 0.25) is 0 Å². The number of unbranched alkanes of at least 4 members (excludes halogenated alkanes) is 2. The largest absolute Gasteiger partial charge is 0.480 e. The minimum absolute atomic E-state index is 0.246. The summed E-state index contributed by atoms with van der Waals surface area (Å²) in [5, 5.41) is 0. The highest BCUT2D eigenvalue weighted by atomic mass is 32.3. The van der Waals surface area contributed by atoms with Crippen molar-refractivity contribution in [1.29, 1.82) is 0 Å². The molecule has 0 aromatic heterocycles. The number of alkyl halides is 6. The molecule has 0 amide bonds. The van der Waals surface area contributed by atoms with Gasteiger partial charge >= 0.3 is 11.0 Å². The maximum atomic E-state index is 11.4. The fourth-order valence-corrected chi connectivity index (χ4v) is 7.87. The zero-order chi connectivity index (χ0) is 36.0. The van der Waals surface area contributed by atoms with Crippen molar-refractivity contribution >= 4 is 40.1 Å². The quantitative estimate of drug-likeness (QED) is 0.227. The topological polar surface area (TPSA) is 165 Å². The number of hydrogen-bond donors (Lipinski definition) is 0. The standard InChI is InChI=1S/C10H22N.C9H20N.2C2H3F3NO4S2/c1-3-4-8-11(2)9-6-5-7-10-11;1-3-4-7-10(2)8-5-6-9-10;2*1-11(7,8)6-12(9,10)2(3,4)5/h3-10H2,1-2H3;3-9H2,1-2H3;2*1H3/q2*+1;2*-1. The predicted octanol–water partition coefficient (Wildman–Crippen LogP) is 4.78. The molecule has 0 atom stereocenters. The lowest BCUT2D eigenvalue weighted by molar-refractivity contribution is -0.914. The summed E-state index contributed by atoms with van der Waals surface area (Å²) in [6.07, 6.45) is 13.3. The van der Waals surface area contributed by atoms with E-state index in [9.17, 15) is 60.0 Å². The van der Waals surface area contributed by atoms with Crippen LogP contribution in [0.25, 0.3) is 8.25 Å². The highest BCUT2D eigenvalue weighted by molar-refractivity contribution is 8.12. The average molecular weight is 751 g/mol. The summed E-state index contributed by atoms with van der Waals surface area (Å²) in [5.41, 5.74) is -11.3. The van der Waals surface area contributed by atoms with Crippen molar-refractivity contribution < 1.29 is 69.0 Å². The zero-order valence-corrected chi connectivity index (χ0v) is 29.8. The molecule has 2 rings (SSSR count). The lowest BCUT2D eigenvalue weighted by Gasteiger charge is -2.37. The fraction of sp³-hybridized carbons (Fsp3) is 1.00. The van der Waals surface area contributed by atoms with Gasteiger partial charge < -0.3 is 17.2 Å². The molecule has 45 heavy (non-hydrogen) atoms. The summed E-state index contributed by atoms with van der Waals surface area (Å²) in [6, 6.07) is 0. The summed E-state index contributed by atoms with van der Waals surface area (Å²) in [5.74, 6) is 0. The lowest BCUT2D eigenvalue weighted by atomic mass is 10.1. The Bertz CT molecular complexity index is 1220. The van der Waals surface area contributed by atoms with Gasteiger partial charge in [-0.25, -0.2) is 33.7 Å². The molecular weight excluding hydrogens is 703 g/mol. The monoisotopic (exact) mass is 750 g/mol. The van der Waals surface area contributed by atoms with E-state index >= 15 is 0 Å². The highest BCUT2D eigenvalue weighted by Crippen LogP contribution is 2.30. The molecule has 0 aliphatic carbocycles. The summed E-state index contributed by atoms with van der Waals surface area (Å²) < 4.78 is 155. The Morgan fingerprint density at radius 2 is 0.778 bits per heavy atom. The van der Waals surface area contributed by atoms with Gasteiger partial charge in [-0.05, 0) is 32.1 Å². The molecular formula is C23H48F6N4O8S4. The second kappa shape index (κ2) is 18.7. The first kappa shape index (κ1) is 46.3. The van der Waals surface area contributed by atoms with Crippen LogP contribution in [-0.2, 0) is 40.1 Å². The maximum Gasteiger partial charge on any atom is 0.480 e. The fourth-order valence-electron chi connectivity index (χ4n) is 4.34. The lowest BCUT2D eigenvalue weighted by Crippen LogP contribution is -2.48. The number of halogens is 6. The van der Waals surface area contributed by atoms with Gasteiger partial charge in [0.05, 0.1) is 73.4 Å². The summed E-state index contributed by atoms with van der Waals surface area (Å²) in [7, 11) is -16.1. The Hall–Kier alpha value is -0.780. The molecule has 2 aliphatic rings. The van der Waals surface area contributed by atoms with Crippen molar-refractivity contribution in [3.05, 3.63) is 8.25 Å². The van der Waals surface area contributed by atoms with Crippen LogP contribution in [-0.4, -0.2) is 120 Å². The Morgan fingerprint density at radius 1 is 0.533 bits per heavy atom. The molecule has 0 spiro atoms. The molecule has 0 bridgehead atoms. The van der Waals surface area contributed by atoms with Crippen LogP contribution in [0.3, 0.4) is 0 Å². The van der Waals surface area contributed by atoms with Crippen LogP contribution < -0.4 is 0 Å². The predicted molar refractivity (Wildman–Crippen MR) is 161 cm³/mol. The van der Waals surface area contributed by atoms with Crippen molar-refractivity contribution in [2.45, 2.75) is 82.7 Å². The molecule has 2 fully saturated rings. The number of nitrogens with zero attached hydrogens (tertiary/aromatic N) is 4. The molecule has 0 N–H and O–H groups in total. The van der Waals surface area contributed by atoms with Gasteiger partial charge in [0.25, 0.3) is 0 Å². The van der Waals surface area contributed by atoms with E-state index < -0.39 is 51.1 Å². The molecule has 0 saturated carbocycles. The first-order chi connectivity index (χ1) is 19.9. The number of likely N-dealkylation sites (tertiary alicyclic amines) is 2. The van der Waals surface area contributed by atoms with Crippen LogP contribution in [0.1, 0.15) is 71.6 Å². The van der Waals surface area contributed by atoms with E-state index in [4.69, 9.17) is 0 Å². The smallest absolute Gasteiger partial charge is 0.429 e. The van der Waals surface area contributed by atoms with Crippen molar-refractivity contribution in [3.63, 3.8) is 0 Å². The van der Waals surface area contributed by atoms with Gasteiger partial charge in [-0.15, -0.1) is 0 Å². The molecule has 2 aliphatic heterocycles. The molecule has 2 heterocycles. The van der Waals surface area contributed by atoms with Gasteiger partial charge in [0, 0.05) is 25.4 Å². The number of sulfonamides is 4. The first-order valence-electron chi connectivity index (χ1n) is 14.1. The van der Waals surface area contributed by atoms with Gasteiger partial charge in [0.15, 0.2) is 20.0 Å². The number of hydrogen-bond acceptors (Lipinski definition) is 8. The molecule has 0 aromatic rings. The number of quaternary nitrogens is 2. The number of piperidine rings is 1. The van der Waals surface area contributed by atoms with Crippen LogP contribution in [0.4, 0.5) is 26.3 Å². The second-order valence-corrected chi connectivity index (χ2v) is 18.5. The Kier molecular flexibility index (Phi) is 19.2. The van der Waals surface area contributed by atoms with E-state index in [1.807, 2.05) is 0 Å². The van der Waals surface area contributed by atoms with E-state index in [1.165, 1.54) is 106 Å². The molecule has 0 aromatic carbocycles. The molecule has 12 nitrogen and oxygen atoms in total. The van der Waals surface area contributed by atoms with Crippen molar-refractivity contribution in [1.82, 2.24) is 0 Å². The van der Waals surface area contributed by atoms with Crippen LogP contribution in [0.15, 0.2) is 0 Å². The number of rotatable bonds is 10. The first-order valence-corrected chi connectivity index (χ1v) is 20.7. The van der Waals surface area contributed by atoms with E-state index in [2.05, 4.69) is 27.9 Å². The minimum Gasteiger partial charge on any atom is -0.429 e. The van der Waals surface area contributed by atoms with E-state index in [-0.39, 0.29) is 12.5 Å². The van der Waals surface area contributed by atoms with Crippen LogP contribution in [0, 0.1) is 0 Å². The maximum absolute atomic E-state index is 11.4.